The molecule has 1 aliphatic carbocycles. The summed E-state index contributed by atoms with van der Waals surface area (Å²) in [6, 6.07) is 7.45. The Balaban J connectivity index is 1.98. The van der Waals surface area contributed by atoms with E-state index >= 15 is 0 Å². The first-order valence-electron chi connectivity index (χ1n) is 8.01. The normalized spacial score (nSPS) is 15.0. The first-order valence-corrected chi connectivity index (χ1v) is 10.6. The predicted molar refractivity (Wildman–Crippen MR) is 95.8 cm³/mol. The van der Waals surface area contributed by atoms with Crippen molar-refractivity contribution in [1.82, 2.24) is 4.90 Å². The van der Waals surface area contributed by atoms with Gasteiger partial charge >= 0.3 is 0 Å². The molecule has 2 rings (SSSR count). The van der Waals surface area contributed by atoms with Gasteiger partial charge in [0.1, 0.15) is 5.75 Å². The number of rotatable bonds is 8. The number of nitrogens with zero attached hydrogens (tertiary/aromatic N) is 1. The Labute approximate surface area is 147 Å². The molecule has 0 aromatic heterocycles. The van der Waals surface area contributed by atoms with Gasteiger partial charge in [-0.3, -0.25) is 4.79 Å². The van der Waals surface area contributed by atoms with E-state index in [2.05, 4.69) is 29.8 Å². The lowest BCUT2D eigenvalue weighted by molar-refractivity contribution is -0.129. The van der Waals surface area contributed by atoms with Gasteiger partial charge in [0.25, 0.3) is 0 Å². The lowest BCUT2D eigenvalue weighted by atomic mass is 10.1. The monoisotopic (exact) mass is 401 g/mol. The highest BCUT2D eigenvalue weighted by Gasteiger charge is 2.34. The second-order valence-electron chi connectivity index (χ2n) is 6.66. The van der Waals surface area contributed by atoms with E-state index < -0.39 is 15.6 Å². The zero-order valence-electron chi connectivity index (χ0n) is 13.7. The fourth-order valence-corrected chi connectivity index (χ4v) is 4.28. The van der Waals surface area contributed by atoms with E-state index in [9.17, 15) is 13.2 Å². The number of carbonyl (C=O) groups excluding carboxylic acids is 1. The van der Waals surface area contributed by atoms with Gasteiger partial charge < -0.3 is 4.90 Å². The number of hydrogen-bond donors (Lipinski definition) is 0. The Morgan fingerprint density at radius 2 is 2.04 bits per heavy atom. The smallest absolute Gasteiger partial charge is 0.238 e. The maximum atomic E-state index is 12.4. The van der Waals surface area contributed by atoms with Crippen molar-refractivity contribution in [3.8, 4) is 0 Å². The van der Waals surface area contributed by atoms with Gasteiger partial charge in [0.2, 0.25) is 5.91 Å². The summed E-state index contributed by atoms with van der Waals surface area (Å²) in [5, 5.41) is 0. The van der Waals surface area contributed by atoms with Gasteiger partial charge in [-0.15, -0.1) is 0 Å². The van der Waals surface area contributed by atoms with E-state index in [1.54, 1.807) is 23.1 Å². The second kappa shape index (κ2) is 7.79. The molecule has 0 bridgehead atoms. The first-order chi connectivity index (χ1) is 10.8. The molecule has 1 aromatic carbocycles. The van der Waals surface area contributed by atoms with Crippen molar-refractivity contribution in [2.45, 2.75) is 44.9 Å². The van der Waals surface area contributed by atoms with Crippen molar-refractivity contribution in [1.29, 1.82) is 0 Å². The van der Waals surface area contributed by atoms with Gasteiger partial charge in [0.15, 0.2) is 9.84 Å². The molecule has 6 heteroatoms. The third kappa shape index (κ3) is 6.26. The van der Waals surface area contributed by atoms with Crippen LogP contribution in [0, 0.1) is 5.92 Å². The van der Waals surface area contributed by atoms with Crippen molar-refractivity contribution < 1.29 is 13.2 Å². The summed E-state index contributed by atoms with van der Waals surface area (Å²) in [4.78, 5) is 14.2. The third-order valence-electron chi connectivity index (χ3n) is 3.87. The maximum absolute atomic E-state index is 12.4. The summed E-state index contributed by atoms with van der Waals surface area (Å²) in [6.45, 7) is 4.88. The number of carbonyl (C=O) groups is 1. The molecule has 23 heavy (non-hydrogen) atoms. The van der Waals surface area contributed by atoms with Gasteiger partial charge in [0, 0.05) is 17.1 Å². The molecule has 1 saturated carbocycles. The van der Waals surface area contributed by atoms with Crippen LogP contribution in [0.5, 0.6) is 0 Å². The standard InChI is InChI=1S/C17H24BrNO3S/c1-13(2)8-9-19(16-6-7-16)17(20)12-23(21,22)11-14-4-3-5-15(18)10-14/h3-5,10,13,16H,6-9,11-12H2,1-2H3. The van der Waals surface area contributed by atoms with E-state index in [1.165, 1.54) is 0 Å². The molecule has 0 spiro atoms. The zero-order valence-corrected chi connectivity index (χ0v) is 16.1. The van der Waals surface area contributed by atoms with E-state index in [4.69, 9.17) is 0 Å². The summed E-state index contributed by atoms with van der Waals surface area (Å²) < 4.78 is 25.5. The minimum absolute atomic E-state index is 0.0964. The van der Waals surface area contributed by atoms with Crippen LogP contribution in [0.1, 0.15) is 38.7 Å². The summed E-state index contributed by atoms with van der Waals surface area (Å²) in [7, 11) is -3.45. The van der Waals surface area contributed by atoms with E-state index in [1.807, 2.05) is 6.07 Å². The number of hydrogen-bond acceptors (Lipinski definition) is 3. The Bertz CT molecular complexity index is 654. The highest BCUT2D eigenvalue weighted by Crippen LogP contribution is 2.28. The predicted octanol–water partition coefficient (Wildman–Crippen LogP) is 3.40. The topological polar surface area (TPSA) is 54.5 Å². The zero-order chi connectivity index (χ0) is 17.0. The van der Waals surface area contributed by atoms with Gasteiger partial charge in [-0.25, -0.2) is 8.42 Å². The molecule has 0 unspecified atom stereocenters. The van der Waals surface area contributed by atoms with Crippen LogP contribution >= 0.6 is 15.9 Å². The van der Waals surface area contributed by atoms with Crippen LogP contribution in [0.3, 0.4) is 0 Å². The molecular formula is C17H24BrNO3S. The Kier molecular flexibility index (Phi) is 6.26. The number of halogens is 1. The van der Waals surface area contributed by atoms with Gasteiger partial charge in [0.05, 0.1) is 5.75 Å². The molecule has 0 saturated heterocycles. The summed E-state index contributed by atoms with van der Waals surface area (Å²) in [6.07, 6.45) is 2.90. The molecule has 128 valence electrons. The molecule has 0 N–H and O–H groups in total. The molecule has 1 fully saturated rings. The molecule has 1 amide bonds. The highest BCUT2D eigenvalue weighted by molar-refractivity contribution is 9.10. The van der Waals surface area contributed by atoms with Crippen LogP contribution in [0.2, 0.25) is 0 Å². The molecule has 0 atom stereocenters. The molecule has 0 aliphatic heterocycles. The van der Waals surface area contributed by atoms with Crippen LogP contribution in [0.25, 0.3) is 0 Å². The summed E-state index contributed by atoms with van der Waals surface area (Å²) in [5.41, 5.74) is 0.701. The summed E-state index contributed by atoms with van der Waals surface area (Å²) in [5.74, 6) is -0.236. The Morgan fingerprint density at radius 1 is 1.35 bits per heavy atom. The van der Waals surface area contributed by atoms with E-state index in [0.717, 1.165) is 23.7 Å². The lowest BCUT2D eigenvalue weighted by Gasteiger charge is -2.23. The molecule has 0 heterocycles. The van der Waals surface area contributed by atoms with Crippen molar-refractivity contribution >= 4 is 31.7 Å². The molecule has 4 nitrogen and oxygen atoms in total. The fourth-order valence-electron chi connectivity index (χ4n) is 2.50. The molecule has 1 aliphatic rings. The largest absolute Gasteiger partial charge is 0.339 e. The van der Waals surface area contributed by atoms with Crippen LogP contribution in [0.15, 0.2) is 28.7 Å². The van der Waals surface area contributed by atoms with Crippen molar-refractivity contribution in [3.63, 3.8) is 0 Å². The average Bonchev–Trinajstić information content (AvgIpc) is 3.21. The third-order valence-corrected chi connectivity index (χ3v) is 5.83. The number of sulfone groups is 1. The maximum Gasteiger partial charge on any atom is 0.238 e. The van der Waals surface area contributed by atoms with Crippen LogP contribution in [0.4, 0.5) is 0 Å². The first kappa shape index (κ1) is 18.5. The Hall–Kier alpha value is -0.880. The number of benzene rings is 1. The van der Waals surface area contributed by atoms with Crippen LogP contribution in [-0.2, 0) is 20.4 Å². The van der Waals surface area contributed by atoms with E-state index in [0.29, 0.717) is 18.0 Å². The van der Waals surface area contributed by atoms with Gasteiger partial charge in [-0.2, -0.15) is 0 Å². The minimum atomic E-state index is -3.45. The second-order valence-corrected chi connectivity index (χ2v) is 9.64. The summed E-state index contributed by atoms with van der Waals surface area (Å²) >= 11 is 3.34. The average molecular weight is 402 g/mol. The molecule has 0 radical (unpaired) electrons. The SMILES string of the molecule is CC(C)CCN(C(=O)CS(=O)(=O)Cc1cccc(Br)c1)C1CC1. The quantitative estimate of drug-likeness (QED) is 0.670. The van der Waals surface area contributed by atoms with Crippen LogP contribution in [-0.4, -0.2) is 37.6 Å². The van der Waals surface area contributed by atoms with Crippen molar-refractivity contribution in [3.05, 3.63) is 34.3 Å². The lowest BCUT2D eigenvalue weighted by Crippen LogP contribution is -2.38. The van der Waals surface area contributed by atoms with Crippen molar-refractivity contribution in [2.75, 3.05) is 12.3 Å². The molecular weight excluding hydrogens is 378 g/mol. The van der Waals surface area contributed by atoms with Gasteiger partial charge in [-0.05, 0) is 42.9 Å². The van der Waals surface area contributed by atoms with Crippen LogP contribution < -0.4 is 0 Å². The fraction of sp³-hybridized carbons (Fsp3) is 0.588. The number of amides is 1. The van der Waals surface area contributed by atoms with Crippen molar-refractivity contribution in [2.24, 2.45) is 5.92 Å². The Morgan fingerprint density at radius 3 is 2.61 bits per heavy atom. The molecule has 1 aromatic rings. The minimum Gasteiger partial charge on any atom is -0.339 e. The van der Waals surface area contributed by atoms with Gasteiger partial charge in [-0.1, -0.05) is 41.9 Å². The highest BCUT2D eigenvalue weighted by atomic mass is 79.9. The van der Waals surface area contributed by atoms with E-state index in [-0.39, 0.29) is 17.7 Å².